The third-order valence-electron chi connectivity index (χ3n) is 2.50. The standard InChI is InChI=1S/C10H21N/c1-4-5-9-6-10(7-9)11-8(2)3/h8-11H,4-7H2,1-3H3. The Bertz CT molecular complexity index is 103. The van der Waals surface area contributed by atoms with Crippen LogP contribution in [0.5, 0.6) is 0 Å². The van der Waals surface area contributed by atoms with Crippen LogP contribution < -0.4 is 5.32 Å². The summed E-state index contributed by atoms with van der Waals surface area (Å²) in [4.78, 5) is 0. The van der Waals surface area contributed by atoms with E-state index in [9.17, 15) is 0 Å². The molecule has 0 aromatic heterocycles. The van der Waals surface area contributed by atoms with Gasteiger partial charge in [-0.15, -0.1) is 0 Å². The van der Waals surface area contributed by atoms with Gasteiger partial charge in [-0.1, -0.05) is 33.6 Å². The highest BCUT2D eigenvalue weighted by Crippen LogP contribution is 2.31. The summed E-state index contributed by atoms with van der Waals surface area (Å²) in [6.07, 6.45) is 5.65. The van der Waals surface area contributed by atoms with Crippen molar-refractivity contribution in [1.82, 2.24) is 5.32 Å². The predicted molar refractivity (Wildman–Crippen MR) is 49.7 cm³/mol. The minimum atomic E-state index is 0.669. The molecule has 0 heterocycles. The molecule has 1 heteroatoms. The number of hydrogen-bond donors (Lipinski definition) is 1. The lowest BCUT2D eigenvalue weighted by Crippen LogP contribution is -2.44. The maximum absolute atomic E-state index is 3.57. The fourth-order valence-corrected chi connectivity index (χ4v) is 1.99. The molecule has 1 fully saturated rings. The second-order valence-corrected chi connectivity index (χ2v) is 4.14. The molecule has 1 rings (SSSR count). The molecule has 0 radical (unpaired) electrons. The quantitative estimate of drug-likeness (QED) is 0.658. The minimum absolute atomic E-state index is 0.669. The Labute approximate surface area is 70.6 Å². The van der Waals surface area contributed by atoms with Gasteiger partial charge in [-0.2, -0.15) is 0 Å². The Morgan fingerprint density at radius 3 is 2.45 bits per heavy atom. The zero-order chi connectivity index (χ0) is 8.27. The van der Waals surface area contributed by atoms with E-state index in [1.165, 1.54) is 25.7 Å². The van der Waals surface area contributed by atoms with Crippen molar-refractivity contribution in [3.63, 3.8) is 0 Å². The van der Waals surface area contributed by atoms with Crippen LogP contribution in [-0.2, 0) is 0 Å². The van der Waals surface area contributed by atoms with E-state index in [-0.39, 0.29) is 0 Å². The SMILES string of the molecule is CCCC1CC(NC(C)C)C1. The summed E-state index contributed by atoms with van der Waals surface area (Å²) in [6.45, 7) is 6.74. The summed E-state index contributed by atoms with van der Waals surface area (Å²) in [5.74, 6) is 1.04. The molecule has 0 aliphatic heterocycles. The van der Waals surface area contributed by atoms with Gasteiger partial charge in [0.1, 0.15) is 0 Å². The highest BCUT2D eigenvalue weighted by atomic mass is 15.0. The van der Waals surface area contributed by atoms with Gasteiger partial charge in [0, 0.05) is 12.1 Å². The maximum atomic E-state index is 3.57. The first kappa shape index (κ1) is 9.05. The third-order valence-corrected chi connectivity index (χ3v) is 2.50. The molecule has 0 atom stereocenters. The molecule has 0 aromatic rings. The second-order valence-electron chi connectivity index (χ2n) is 4.14. The lowest BCUT2D eigenvalue weighted by Gasteiger charge is -2.37. The molecular formula is C10H21N. The smallest absolute Gasteiger partial charge is 0.00747 e. The molecule has 0 saturated heterocycles. The molecule has 11 heavy (non-hydrogen) atoms. The first-order chi connectivity index (χ1) is 5.22. The molecule has 0 aromatic carbocycles. The summed E-state index contributed by atoms with van der Waals surface area (Å²) in [6, 6.07) is 1.51. The van der Waals surface area contributed by atoms with Crippen LogP contribution >= 0.6 is 0 Å². The molecule has 0 bridgehead atoms. The average Bonchev–Trinajstić information content (AvgIpc) is 1.82. The Morgan fingerprint density at radius 2 is 2.00 bits per heavy atom. The van der Waals surface area contributed by atoms with Gasteiger partial charge in [0.25, 0.3) is 0 Å². The van der Waals surface area contributed by atoms with Gasteiger partial charge >= 0.3 is 0 Å². The molecule has 1 saturated carbocycles. The first-order valence-corrected chi connectivity index (χ1v) is 4.98. The Hall–Kier alpha value is -0.0400. The molecule has 0 amide bonds. The van der Waals surface area contributed by atoms with E-state index in [2.05, 4.69) is 26.1 Å². The molecule has 1 aliphatic rings. The highest BCUT2D eigenvalue weighted by molar-refractivity contribution is 4.85. The highest BCUT2D eigenvalue weighted by Gasteiger charge is 2.27. The molecule has 0 unspecified atom stereocenters. The summed E-state index contributed by atoms with van der Waals surface area (Å²) in [7, 11) is 0. The van der Waals surface area contributed by atoms with E-state index in [1.54, 1.807) is 0 Å². The van der Waals surface area contributed by atoms with Gasteiger partial charge in [-0.05, 0) is 18.8 Å². The largest absolute Gasteiger partial charge is 0.312 e. The molecular weight excluding hydrogens is 134 g/mol. The topological polar surface area (TPSA) is 12.0 Å². The fraction of sp³-hybridized carbons (Fsp3) is 1.00. The Morgan fingerprint density at radius 1 is 1.36 bits per heavy atom. The van der Waals surface area contributed by atoms with E-state index < -0.39 is 0 Å². The van der Waals surface area contributed by atoms with Crippen LogP contribution in [0.15, 0.2) is 0 Å². The average molecular weight is 155 g/mol. The van der Waals surface area contributed by atoms with Crippen LogP contribution in [0.1, 0.15) is 46.5 Å². The summed E-state index contributed by atoms with van der Waals surface area (Å²) < 4.78 is 0. The van der Waals surface area contributed by atoms with Gasteiger partial charge in [-0.3, -0.25) is 0 Å². The van der Waals surface area contributed by atoms with E-state index in [4.69, 9.17) is 0 Å². The van der Waals surface area contributed by atoms with Crippen molar-refractivity contribution in [2.75, 3.05) is 0 Å². The summed E-state index contributed by atoms with van der Waals surface area (Å²) in [5.41, 5.74) is 0. The van der Waals surface area contributed by atoms with Gasteiger partial charge in [-0.25, -0.2) is 0 Å². The maximum Gasteiger partial charge on any atom is 0.00747 e. The number of rotatable bonds is 4. The number of hydrogen-bond acceptors (Lipinski definition) is 1. The summed E-state index contributed by atoms with van der Waals surface area (Å²) >= 11 is 0. The van der Waals surface area contributed by atoms with Crippen molar-refractivity contribution in [3.05, 3.63) is 0 Å². The van der Waals surface area contributed by atoms with Crippen molar-refractivity contribution >= 4 is 0 Å². The van der Waals surface area contributed by atoms with Crippen molar-refractivity contribution in [3.8, 4) is 0 Å². The zero-order valence-electron chi connectivity index (χ0n) is 8.06. The van der Waals surface area contributed by atoms with Gasteiger partial charge < -0.3 is 5.32 Å². The third kappa shape index (κ3) is 2.82. The van der Waals surface area contributed by atoms with E-state index >= 15 is 0 Å². The van der Waals surface area contributed by atoms with Crippen molar-refractivity contribution in [2.24, 2.45) is 5.92 Å². The minimum Gasteiger partial charge on any atom is -0.312 e. The van der Waals surface area contributed by atoms with E-state index in [0.717, 1.165) is 12.0 Å². The molecule has 1 N–H and O–H groups in total. The van der Waals surface area contributed by atoms with Crippen molar-refractivity contribution < 1.29 is 0 Å². The van der Waals surface area contributed by atoms with E-state index in [0.29, 0.717) is 6.04 Å². The second kappa shape index (κ2) is 4.10. The van der Waals surface area contributed by atoms with Crippen LogP contribution in [0.2, 0.25) is 0 Å². The van der Waals surface area contributed by atoms with Gasteiger partial charge in [0.15, 0.2) is 0 Å². The Balaban J connectivity index is 2.00. The zero-order valence-corrected chi connectivity index (χ0v) is 8.06. The van der Waals surface area contributed by atoms with Crippen LogP contribution in [0.3, 0.4) is 0 Å². The van der Waals surface area contributed by atoms with E-state index in [1.807, 2.05) is 0 Å². The molecule has 66 valence electrons. The predicted octanol–water partition coefficient (Wildman–Crippen LogP) is 2.56. The van der Waals surface area contributed by atoms with Gasteiger partial charge in [0.05, 0.1) is 0 Å². The lowest BCUT2D eigenvalue weighted by molar-refractivity contribution is 0.199. The molecule has 1 aliphatic carbocycles. The summed E-state index contributed by atoms with van der Waals surface area (Å²) in [5, 5.41) is 3.57. The van der Waals surface area contributed by atoms with Crippen LogP contribution in [0.4, 0.5) is 0 Å². The number of nitrogens with one attached hydrogen (secondary N) is 1. The van der Waals surface area contributed by atoms with Crippen molar-refractivity contribution in [2.45, 2.75) is 58.5 Å². The van der Waals surface area contributed by atoms with Gasteiger partial charge in [0.2, 0.25) is 0 Å². The normalized spacial score (nSPS) is 30.5. The monoisotopic (exact) mass is 155 g/mol. The lowest BCUT2D eigenvalue weighted by atomic mass is 9.77. The Kier molecular flexibility index (Phi) is 3.38. The molecule has 0 spiro atoms. The molecule has 1 nitrogen and oxygen atoms in total. The first-order valence-electron chi connectivity index (χ1n) is 4.98. The van der Waals surface area contributed by atoms with Crippen molar-refractivity contribution in [1.29, 1.82) is 0 Å². The van der Waals surface area contributed by atoms with Crippen LogP contribution in [0.25, 0.3) is 0 Å². The van der Waals surface area contributed by atoms with Crippen LogP contribution in [0, 0.1) is 5.92 Å². The fourth-order valence-electron chi connectivity index (χ4n) is 1.99. The van der Waals surface area contributed by atoms with Crippen LogP contribution in [-0.4, -0.2) is 12.1 Å².